The summed E-state index contributed by atoms with van der Waals surface area (Å²) in [4.78, 5) is 0. The predicted octanol–water partition coefficient (Wildman–Crippen LogP) is 5.38. The summed E-state index contributed by atoms with van der Waals surface area (Å²) in [5.41, 5.74) is -2.62. The first-order chi connectivity index (χ1) is 7.98. The summed E-state index contributed by atoms with van der Waals surface area (Å²) in [6, 6.07) is 9.20. The molecule has 17 heavy (non-hydrogen) atoms. The van der Waals surface area contributed by atoms with Gasteiger partial charge in [0.1, 0.15) is 0 Å². The first-order valence-corrected chi connectivity index (χ1v) is 7.10. The molecule has 94 valence electrons. The maximum atomic E-state index is 12.4. The Morgan fingerprint density at radius 2 is 1.76 bits per heavy atom. The van der Waals surface area contributed by atoms with Crippen LogP contribution in [0.5, 0.6) is 0 Å². The Morgan fingerprint density at radius 3 is 2.18 bits per heavy atom. The first-order valence-electron chi connectivity index (χ1n) is 5.06. The van der Waals surface area contributed by atoms with Crippen molar-refractivity contribution in [3.05, 3.63) is 40.1 Å². The van der Waals surface area contributed by atoms with E-state index >= 15 is 0 Å². The molecule has 1 rings (SSSR count). The molecule has 0 heterocycles. The second-order valence-electron chi connectivity index (χ2n) is 3.24. The van der Waals surface area contributed by atoms with Gasteiger partial charge in [-0.25, -0.2) is 0 Å². The van der Waals surface area contributed by atoms with Gasteiger partial charge in [-0.15, -0.1) is 11.8 Å². The number of thioether (sulfide) groups is 2. The second kappa shape index (κ2) is 6.40. The Hall–Kier alpha value is -0.550. The van der Waals surface area contributed by atoms with E-state index in [1.54, 1.807) is 6.26 Å². The van der Waals surface area contributed by atoms with E-state index in [1.165, 1.54) is 0 Å². The fraction of sp³-hybridized carbons (Fsp3) is 0.333. The lowest BCUT2D eigenvalue weighted by molar-refractivity contribution is -0.0320. The molecule has 0 fully saturated rings. The van der Waals surface area contributed by atoms with Gasteiger partial charge in [-0.1, -0.05) is 37.3 Å². The van der Waals surface area contributed by atoms with Crippen LogP contribution in [0.2, 0.25) is 0 Å². The van der Waals surface area contributed by atoms with Gasteiger partial charge in [0.2, 0.25) is 0 Å². The van der Waals surface area contributed by atoms with Crippen LogP contribution in [0.4, 0.5) is 13.2 Å². The van der Waals surface area contributed by atoms with Crippen LogP contribution in [-0.4, -0.2) is 11.8 Å². The van der Waals surface area contributed by atoms with E-state index in [-0.39, 0.29) is 11.8 Å². The molecule has 0 nitrogen and oxygen atoms in total. The molecule has 1 aromatic carbocycles. The number of benzene rings is 1. The van der Waals surface area contributed by atoms with E-state index in [0.717, 1.165) is 22.9 Å². The van der Waals surface area contributed by atoms with Gasteiger partial charge in [-0.05, 0) is 35.6 Å². The molecule has 1 aromatic rings. The van der Waals surface area contributed by atoms with Gasteiger partial charge in [-0.2, -0.15) is 13.2 Å². The van der Waals surface area contributed by atoms with Crippen LogP contribution in [0, 0.1) is 0 Å². The minimum absolute atomic E-state index is 0.0280. The number of alkyl halides is 3. The van der Waals surface area contributed by atoms with Crippen molar-refractivity contribution in [2.75, 3.05) is 6.26 Å². The van der Waals surface area contributed by atoms with Gasteiger partial charge < -0.3 is 0 Å². The van der Waals surface area contributed by atoms with Crippen LogP contribution in [0.15, 0.2) is 34.6 Å². The standard InChI is InChI=1S/C12H13F3S2/c1-3-10(9-7-5-4-6-8-9)11(16-2)17-12(13,14)15/h4-8H,3H2,1-2H3/b11-10+. The van der Waals surface area contributed by atoms with E-state index in [4.69, 9.17) is 0 Å². The van der Waals surface area contributed by atoms with Gasteiger partial charge in [0.25, 0.3) is 0 Å². The lowest BCUT2D eigenvalue weighted by atomic mass is 10.1. The molecular weight excluding hydrogens is 265 g/mol. The van der Waals surface area contributed by atoms with Gasteiger partial charge >= 0.3 is 5.51 Å². The molecule has 0 saturated heterocycles. The minimum Gasteiger partial charge on any atom is -0.160 e. The van der Waals surface area contributed by atoms with Crippen LogP contribution in [0.3, 0.4) is 0 Å². The Kier molecular flexibility index (Phi) is 5.46. The number of rotatable bonds is 4. The Morgan fingerprint density at radius 1 is 1.18 bits per heavy atom. The van der Waals surface area contributed by atoms with Gasteiger partial charge in [0.05, 0.1) is 4.24 Å². The molecule has 0 atom stereocenters. The first kappa shape index (κ1) is 14.5. The van der Waals surface area contributed by atoms with E-state index in [2.05, 4.69) is 0 Å². The molecule has 0 unspecified atom stereocenters. The Balaban J connectivity index is 3.11. The molecule has 0 aliphatic carbocycles. The van der Waals surface area contributed by atoms with E-state index in [1.807, 2.05) is 37.3 Å². The smallest absolute Gasteiger partial charge is 0.160 e. The Bertz CT molecular complexity index is 382. The van der Waals surface area contributed by atoms with Crippen molar-refractivity contribution in [3.8, 4) is 0 Å². The molecule has 0 amide bonds. The van der Waals surface area contributed by atoms with Crippen molar-refractivity contribution in [2.24, 2.45) is 0 Å². The molecule has 0 radical (unpaired) electrons. The summed E-state index contributed by atoms with van der Waals surface area (Å²) >= 11 is 1.12. The molecule has 0 aliphatic rings. The molecule has 0 bridgehead atoms. The number of allylic oxidation sites excluding steroid dienone is 1. The lowest BCUT2D eigenvalue weighted by Crippen LogP contribution is -2.00. The highest BCUT2D eigenvalue weighted by Crippen LogP contribution is 2.45. The van der Waals surface area contributed by atoms with Gasteiger partial charge in [0.15, 0.2) is 0 Å². The van der Waals surface area contributed by atoms with E-state index in [9.17, 15) is 13.2 Å². The molecule has 0 aromatic heterocycles. The van der Waals surface area contributed by atoms with Gasteiger partial charge in [-0.3, -0.25) is 0 Å². The minimum atomic E-state index is -4.23. The normalized spacial score (nSPS) is 13.5. The van der Waals surface area contributed by atoms with E-state index < -0.39 is 5.51 Å². The molecule has 5 heteroatoms. The number of hydrogen-bond acceptors (Lipinski definition) is 2. The zero-order valence-electron chi connectivity index (χ0n) is 9.54. The summed E-state index contributed by atoms with van der Waals surface area (Å²) in [5.74, 6) is 0. The average molecular weight is 278 g/mol. The lowest BCUT2D eigenvalue weighted by Gasteiger charge is -2.13. The molecule has 0 saturated carbocycles. The molecular formula is C12H13F3S2. The summed E-state index contributed by atoms with van der Waals surface area (Å²) in [5, 5.41) is 0. The molecule has 0 spiro atoms. The topological polar surface area (TPSA) is 0 Å². The number of hydrogen-bond donors (Lipinski definition) is 0. The summed E-state index contributed by atoms with van der Waals surface area (Å²) in [6.45, 7) is 1.87. The fourth-order valence-electron chi connectivity index (χ4n) is 1.44. The largest absolute Gasteiger partial charge is 0.446 e. The highest BCUT2D eigenvalue weighted by molar-refractivity contribution is 8.22. The number of halogens is 3. The third-order valence-corrected chi connectivity index (χ3v) is 4.15. The summed E-state index contributed by atoms with van der Waals surface area (Å²) in [6.07, 6.45) is 2.26. The zero-order chi connectivity index (χ0) is 12.9. The van der Waals surface area contributed by atoms with Crippen molar-refractivity contribution >= 4 is 29.1 Å². The monoisotopic (exact) mass is 278 g/mol. The Labute approximate surface area is 108 Å². The van der Waals surface area contributed by atoms with Crippen molar-refractivity contribution in [1.82, 2.24) is 0 Å². The zero-order valence-corrected chi connectivity index (χ0v) is 11.2. The molecule has 0 aliphatic heterocycles. The average Bonchev–Trinajstić information content (AvgIpc) is 2.28. The third-order valence-electron chi connectivity index (χ3n) is 2.12. The quantitative estimate of drug-likeness (QED) is 0.725. The predicted molar refractivity (Wildman–Crippen MR) is 70.8 cm³/mol. The van der Waals surface area contributed by atoms with Crippen molar-refractivity contribution in [1.29, 1.82) is 0 Å². The van der Waals surface area contributed by atoms with Crippen LogP contribution >= 0.6 is 23.5 Å². The highest BCUT2D eigenvalue weighted by atomic mass is 32.2. The maximum Gasteiger partial charge on any atom is 0.446 e. The second-order valence-corrected chi connectivity index (χ2v) is 5.39. The fourth-order valence-corrected chi connectivity index (χ4v) is 3.16. The van der Waals surface area contributed by atoms with Crippen LogP contribution in [-0.2, 0) is 0 Å². The third kappa shape index (κ3) is 4.68. The van der Waals surface area contributed by atoms with Crippen LogP contribution in [0.1, 0.15) is 18.9 Å². The van der Waals surface area contributed by atoms with Crippen molar-refractivity contribution < 1.29 is 13.2 Å². The SMILES string of the molecule is CC/C(=C(/SC)SC(F)(F)F)c1ccccc1. The maximum absolute atomic E-state index is 12.4. The van der Waals surface area contributed by atoms with Crippen molar-refractivity contribution in [2.45, 2.75) is 18.9 Å². The van der Waals surface area contributed by atoms with Crippen LogP contribution in [0.25, 0.3) is 5.57 Å². The summed E-state index contributed by atoms with van der Waals surface area (Å²) < 4.78 is 37.6. The van der Waals surface area contributed by atoms with Crippen LogP contribution < -0.4 is 0 Å². The van der Waals surface area contributed by atoms with Gasteiger partial charge in [0, 0.05) is 0 Å². The highest BCUT2D eigenvalue weighted by Gasteiger charge is 2.31. The van der Waals surface area contributed by atoms with E-state index in [0.29, 0.717) is 10.7 Å². The van der Waals surface area contributed by atoms with Crippen molar-refractivity contribution in [3.63, 3.8) is 0 Å². The summed E-state index contributed by atoms with van der Waals surface area (Å²) in [7, 11) is 0. The molecule has 0 N–H and O–H groups in total.